The van der Waals surface area contributed by atoms with E-state index in [2.05, 4.69) is 4.98 Å². The summed E-state index contributed by atoms with van der Waals surface area (Å²) in [5, 5.41) is 0.220. The quantitative estimate of drug-likeness (QED) is 0.175. The summed E-state index contributed by atoms with van der Waals surface area (Å²) in [6.07, 6.45) is 0. The number of thiophene rings is 1. The summed E-state index contributed by atoms with van der Waals surface area (Å²) in [5.41, 5.74) is -4.87. The van der Waals surface area contributed by atoms with Crippen LogP contribution in [-0.2, 0) is 0 Å². The van der Waals surface area contributed by atoms with Gasteiger partial charge in [0.25, 0.3) is 0 Å². The second-order valence-electron chi connectivity index (χ2n) is 12.6. The number of aromatic nitrogens is 4. The van der Waals surface area contributed by atoms with Crippen molar-refractivity contribution in [2.24, 2.45) is 0 Å². The van der Waals surface area contributed by atoms with Gasteiger partial charge in [0.15, 0.2) is 17.5 Å². The van der Waals surface area contributed by atoms with E-state index >= 15 is 0 Å². The summed E-state index contributed by atoms with van der Waals surface area (Å²) < 4.78 is 215. The molecule has 0 radical (unpaired) electrons. The van der Waals surface area contributed by atoms with Gasteiger partial charge in [0, 0.05) is 58.7 Å². The summed E-state index contributed by atoms with van der Waals surface area (Å²) in [5.74, 6) is -1.51. The number of hydrogen-bond donors (Lipinski definition) is 0. The first-order valence-corrected chi connectivity index (χ1v) is 18.0. The summed E-state index contributed by atoms with van der Waals surface area (Å²) >= 11 is 1.33. The van der Waals surface area contributed by atoms with Gasteiger partial charge < -0.3 is 8.98 Å². The monoisotopic (exact) mass is 769 g/mol. The molecule has 4 aromatic heterocycles. The van der Waals surface area contributed by atoms with E-state index in [0.29, 0.717) is 10.3 Å². The Bertz CT molecular complexity index is 4870. The Morgan fingerprint density at radius 2 is 1.19 bits per heavy atom. The second kappa shape index (κ2) is 12.6. The molecule has 0 aliphatic carbocycles. The van der Waals surface area contributed by atoms with Crippen LogP contribution in [-0.4, -0.2) is 19.5 Å². The largest absolute Gasteiger partial charge is 0.455 e. The number of benzene rings is 8. The van der Waals surface area contributed by atoms with E-state index in [1.165, 1.54) is 11.3 Å². The van der Waals surface area contributed by atoms with Gasteiger partial charge in [0.1, 0.15) is 11.2 Å². The molecule has 0 saturated carbocycles. The molecule has 57 heavy (non-hydrogen) atoms. The molecule has 0 spiro atoms. The molecule has 0 bridgehead atoms. The zero-order valence-corrected chi connectivity index (χ0v) is 29.5. The van der Waals surface area contributed by atoms with Gasteiger partial charge in [-0.2, -0.15) is 0 Å². The molecule has 12 rings (SSSR count). The Morgan fingerprint density at radius 1 is 0.491 bits per heavy atom. The average Bonchev–Trinajstić information content (AvgIpc) is 2.14. The number of para-hydroxylation sites is 2. The van der Waals surface area contributed by atoms with Gasteiger partial charge in [-0.3, -0.25) is 0 Å². The minimum Gasteiger partial charge on any atom is -0.455 e. The van der Waals surface area contributed by atoms with Crippen molar-refractivity contribution in [3.63, 3.8) is 0 Å². The van der Waals surface area contributed by atoms with E-state index in [0.717, 1.165) is 20.0 Å². The molecule has 5 nitrogen and oxygen atoms in total. The van der Waals surface area contributed by atoms with Gasteiger partial charge in [0.2, 0.25) is 0 Å². The van der Waals surface area contributed by atoms with Crippen LogP contribution in [0.3, 0.4) is 0 Å². The third-order valence-corrected chi connectivity index (χ3v) is 10.6. The van der Waals surface area contributed by atoms with Gasteiger partial charge in [-0.1, -0.05) is 127 Å². The Balaban J connectivity index is 1.24. The topological polar surface area (TPSA) is 56.7 Å². The normalized spacial score (nSPS) is 17.5. The Labute approximate surface area is 363 Å². The Kier molecular flexibility index (Phi) is 3.69. The first kappa shape index (κ1) is 16.8. The van der Waals surface area contributed by atoms with Crippen molar-refractivity contribution in [3.8, 4) is 51.0 Å². The van der Waals surface area contributed by atoms with E-state index < -0.39 is 206 Å². The van der Waals surface area contributed by atoms with E-state index in [4.69, 9.17) is 32.2 Å². The van der Waals surface area contributed by atoms with Crippen LogP contribution in [0.15, 0.2) is 186 Å². The zero-order valence-electron chi connectivity index (χ0n) is 51.6. The minimum absolute atomic E-state index is 0.242. The van der Waals surface area contributed by atoms with Crippen LogP contribution in [0, 0.1) is 0 Å². The molecular formula is C51H30N4OS. The summed E-state index contributed by atoms with van der Waals surface area (Å²) in [6.45, 7) is 0. The van der Waals surface area contributed by atoms with Crippen molar-refractivity contribution in [2.45, 2.75) is 0 Å². The van der Waals surface area contributed by atoms with Crippen LogP contribution in [0.4, 0.5) is 0 Å². The van der Waals surface area contributed by atoms with Crippen LogP contribution in [0.1, 0.15) is 31.5 Å². The maximum Gasteiger partial charge on any atom is 0.165 e. The van der Waals surface area contributed by atoms with Gasteiger partial charge in [0.05, 0.1) is 47.9 Å². The van der Waals surface area contributed by atoms with Crippen LogP contribution in [0.25, 0.3) is 115 Å². The smallest absolute Gasteiger partial charge is 0.165 e. The van der Waals surface area contributed by atoms with E-state index in [1.54, 1.807) is 12.1 Å². The molecule has 12 aromatic rings. The molecule has 8 aromatic carbocycles. The van der Waals surface area contributed by atoms with E-state index in [9.17, 15) is 13.7 Å². The Morgan fingerprint density at radius 3 is 2.09 bits per heavy atom. The second-order valence-corrected chi connectivity index (χ2v) is 13.7. The van der Waals surface area contributed by atoms with Crippen molar-refractivity contribution >= 4 is 75.3 Å². The summed E-state index contributed by atoms with van der Waals surface area (Å²) in [6, 6.07) is -5.81. The van der Waals surface area contributed by atoms with Crippen molar-refractivity contribution in [1.82, 2.24) is 19.5 Å². The van der Waals surface area contributed by atoms with Gasteiger partial charge in [-0.25, -0.2) is 15.0 Å². The molecule has 0 N–H and O–H groups in total. The van der Waals surface area contributed by atoms with E-state index in [-0.39, 0.29) is 22.0 Å². The molecule has 0 unspecified atom stereocenters. The highest BCUT2D eigenvalue weighted by Crippen LogP contribution is 2.42. The maximum atomic E-state index is 10.1. The van der Waals surface area contributed by atoms with Crippen LogP contribution >= 0.6 is 11.3 Å². The number of furan rings is 1. The Hall–Kier alpha value is -7.41. The molecule has 4 heterocycles. The number of rotatable bonds is 5. The predicted molar refractivity (Wildman–Crippen MR) is 236 cm³/mol. The van der Waals surface area contributed by atoms with Crippen LogP contribution in [0.5, 0.6) is 0 Å². The fraction of sp³-hybridized carbons (Fsp3) is 0. The maximum absolute atomic E-state index is 10.1. The van der Waals surface area contributed by atoms with Crippen molar-refractivity contribution in [1.29, 1.82) is 0 Å². The summed E-state index contributed by atoms with van der Waals surface area (Å²) in [4.78, 5) is 14.1. The number of hydrogen-bond acceptors (Lipinski definition) is 5. The highest BCUT2D eigenvalue weighted by molar-refractivity contribution is 7.26. The molecule has 0 atom stereocenters. The molecule has 0 aliphatic heterocycles. The van der Waals surface area contributed by atoms with Gasteiger partial charge in [-0.05, 0) is 65.6 Å². The number of nitrogens with zero attached hydrogens (tertiary/aromatic N) is 4. The molecular weight excluding hydrogens is 717 g/mol. The standard InChI is InChI=1S/C51H30N4OS/c1-2-13-31(14-3-1)32-15-10-16-33(29-32)49-52-50(54-51(53-49)41-23-12-22-39-37-20-6-9-26-45(37)57-48(39)41)34-17-11-18-35(30-34)55-42-24-7-4-21-40(42)46-43(55)28-27-38-36-19-5-8-25-44(36)56-47(38)46/h1-30H/i1D,2D,3D,4D,5D,7D,8D,10D,11D,13D,14D,15D,16D,17D,18D,19D,21D,24D,25D,27D,28D,29D,30D. The SMILES string of the molecule is [2H]c1c([2H])c([2H])c(-c2c([2H])c([2H])c([2H])c(-c3nc(-c4c([2H])c([2H])c([2H])c(-n5c6c([2H])c([2H])c([2H])c([2H])c6c6c7oc8c([2H])c([2H])c([2H])c([2H])c8c7c([2H])c([2H])c65)c4[2H])nc(-c4cccc5c4sc4ccccc45)n3)c2[2H])c([2H])c1[2H]. The third-order valence-electron chi connectivity index (χ3n) is 9.41. The average molecular weight is 770 g/mol. The van der Waals surface area contributed by atoms with Gasteiger partial charge >= 0.3 is 0 Å². The predicted octanol–water partition coefficient (Wildman–Crippen LogP) is 13.9. The first-order valence-electron chi connectivity index (χ1n) is 28.7. The number of fused-ring (bicyclic) bond motifs is 10. The van der Waals surface area contributed by atoms with Crippen LogP contribution in [0.2, 0.25) is 0 Å². The fourth-order valence-electron chi connectivity index (χ4n) is 6.95. The van der Waals surface area contributed by atoms with Crippen molar-refractivity contribution < 1.29 is 35.9 Å². The van der Waals surface area contributed by atoms with Crippen molar-refractivity contribution in [3.05, 3.63) is 181 Å². The molecule has 0 amide bonds. The first-order chi connectivity index (χ1) is 37.8. The minimum atomic E-state index is -0.930. The highest BCUT2D eigenvalue weighted by Gasteiger charge is 2.21. The van der Waals surface area contributed by atoms with Crippen LogP contribution < -0.4 is 0 Å². The van der Waals surface area contributed by atoms with Gasteiger partial charge in [-0.15, -0.1) is 11.3 Å². The third kappa shape index (κ3) is 5.04. The lowest BCUT2D eigenvalue weighted by atomic mass is 10.0. The molecule has 0 saturated heterocycles. The van der Waals surface area contributed by atoms with E-state index in [1.807, 2.05) is 30.3 Å². The highest BCUT2D eigenvalue weighted by atomic mass is 32.1. The fourth-order valence-corrected chi connectivity index (χ4v) is 8.16. The molecule has 266 valence electrons. The molecule has 0 fully saturated rings. The van der Waals surface area contributed by atoms with Crippen molar-refractivity contribution in [2.75, 3.05) is 0 Å². The lowest BCUT2D eigenvalue weighted by molar-refractivity contribution is 0.673. The lowest BCUT2D eigenvalue weighted by Crippen LogP contribution is -2.01. The summed E-state index contributed by atoms with van der Waals surface area (Å²) in [7, 11) is 0. The molecule has 0 aliphatic rings. The molecule has 6 heteroatoms. The lowest BCUT2D eigenvalue weighted by Gasteiger charge is -2.12. The zero-order chi connectivity index (χ0) is 57.5.